The molecule has 2 aliphatic heterocycles. The minimum Gasteiger partial charge on any atom is -0.383 e. The highest BCUT2D eigenvalue weighted by Crippen LogP contribution is 2.43. The molecule has 0 amide bonds. The molecule has 11 heteroatoms. The first-order valence-electron chi connectivity index (χ1n) is 9.75. The molecule has 2 atom stereocenters. The summed E-state index contributed by atoms with van der Waals surface area (Å²) >= 11 is 1.05. The van der Waals surface area contributed by atoms with Crippen LogP contribution in [0.25, 0.3) is 0 Å². The van der Waals surface area contributed by atoms with Gasteiger partial charge in [0.25, 0.3) is 10.0 Å². The zero-order valence-electron chi connectivity index (χ0n) is 16.4. The Morgan fingerprint density at radius 3 is 2.83 bits per heavy atom. The van der Waals surface area contributed by atoms with Gasteiger partial charge in [0.15, 0.2) is 5.13 Å². The normalized spacial score (nSPS) is 24.7. The summed E-state index contributed by atoms with van der Waals surface area (Å²) < 4.78 is 68.5. The summed E-state index contributed by atoms with van der Waals surface area (Å²) in [6.45, 7) is 3.53. The number of rotatable bonds is 6. The van der Waals surface area contributed by atoms with Gasteiger partial charge in [-0.05, 0) is 57.4 Å². The Kier molecular flexibility index (Phi) is 5.48. The highest BCUT2D eigenvalue weighted by molar-refractivity contribution is 7.93. The number of fused-ring (bicyclic) bond motifs is 1. The van der Waals surface area contributed by atoms with Gasteiger partial charge in [0.2, 0.25) is 0 Å². The Bertz CT molecular complexity index is 1010. The van der Waals surface area contributed by atoms with Crippen molar-refractivity contribution in [2.45, 2.75) is 55.3 Å². The molecular formula is C19H23F3N4O2S2. The molecule has 1 aromatic heterocycles. The summed E-state index contributed by atoms with van der Waals surface area (Å²) in [5.74, 6) is 0. The van der Waals surface area contributed by atoms with Crippen LogP contribution in [0.3, 0.4) is 0 Å². The lowest BCUT2D eigenvalue weighted by Crippen LogP contribution is -2.46. The third kappa shape index (κ3) is 4.02. The van der Waals surface area contributed by atoms with Crippen molar-refractivity contribution < 1.29 is 21.6 Å². The van der Waals surface area contributed by atoms with Gasteiger partial charge < -0.3 is 5.32 Å². The molecule has 0 radical (unpaired) electrons. The van der Waals surface area contributed by atoms with Gasteiger partial charge in [-0.25, -0.2) is 13.4 Å². The van der Waals surface area contributed by atoms with Crippen molar-refractivity contribution in [3.05, 3.63) is 35.3 Å². The SMILES string of the molecule is C[C@@H]1CC[C@@]2(CNc3ccc(S(=O)(=O)Nc4nccs4)cc3C(F)(F)F)CCCN12. The zero-order valence-corrected chi connectivity index (χ0v) is 18.0. The van der Waals surface area contributed by atoms with Gasteiger partial charge in [0.05, 0.1) is 10.5 Å². The molecule has 0 saturated carbocycles. The van der Waals surface area contributed by atoms with Crippen molar-refractivity contribution >= 4 is 32.2 Å². The average Bonchev–Trinajstić information content (AvgIpc) is 3.38. The van der Waals surface area contributed by atoms with Crippen LogP contribution in [-0.2, 0) is 16.2 Å². The lowest BCUT2D eigenvalue weighted by atomic mass is 9.93. The third-order valence-electron chi connectivity index (χ3n) is 6.08. The Hall–Kier alpha value is -1.85. The Labute approximate surface area is 177 Å². The van der Waals surface area contributed by atoms with Crippen LogP contribution in [0, 0.1) is 0 Å². The number of thiazole rings is 1. The maximum atomic E-state index is 13.7. The van der Waals surface area contributed by atoms with Crippen LogP contribution in [0.5, 0.6) is 0 Å². The van der Waals surface area contributed by atoms with Crippen LogP contribution in [0.2, 0.25) is 0 Å². The van der Waals surface area contributed by atoms with E-state index in [9.17, 15) is 21.6 Å². The number of hydrogen-bond donors (Lipinski definition) is 2. The van der Waals surface area contributed by atoms with Crippen LogP contribution >= 0.6 is 11.3 Å². The van der Waals surface area contributed by atoms with Crippen LogP contribution in [0.15, 0.2) is 34.7 Å². The minimum atomic E-state index is -4.69. The number of anilines is 2. The molecule has 0 bridgehead atoms. The standard InChI is InChI=1S/C19H23F3N4O2S2/c1-13-5-7-18(6-2-9-26(13)18)12-24-16-4-3-14(11-15(16)19(20,21)22)30(27,28)25-17-23-8-10-29-17/h3-4,8,10-11,13,24H,2,5-7,9,12H2,1H3,(H,23,25)/t13-,18-/m1/s1. The third-order valence-corrected chi connectivity index (χ3v) is 8.23. The number of hydrogen-bond acceptors (Lipinski definition) is 6. The summed E-state index contributed by atoms with van der Waals surface area (Å²) in [5, 5.41) is 4.65. The number of sulfonamides is 1. The van der Waals surface area contributed by atoms with E-state index in [0.717, 1.165) is 43.6 Å². The van der Waals surface area contributed by atoms with E-state index in [4.69, 9.17) is 0 Å². The van der Waals surface area contributed by atoms with Crippen LogP contribution in [0.1, 0.15) is 38.2 Å². The number of alkyl halides is 3. The second-order valence-electron chi connectivity index (χ2n) is 7.91. The fraction of sp³-hybridized carbons (Fsp3) is 0.526. The maximum absolute atomic E-state index is 13.7. The highest BCUT2D eigenvalue weighted by atomic mass is 32.2. The van der Waals surface area contributed by atoms with Crippen molar-refractivity contribution in [3.8, 4) is 0 Å². The topological polar surface area (TPSA) is 74.3 Å². The molecular weight excluding hydrogens is 437 g/mol. The molecule has 164 valence electrons. The number of nitrogens with zero attached hydrogens (tertiary/aromatic N) is 2. The number of nitrogens with one attached hydrogen (secondary N) is 2. The number of aromatic nitrogens is 1. The minimum absolute atomic E-state index is 0.0986. The maximum Gasteiger partial charge on any atom is 0.418 e. The van der Waals surface area contributed by atoms with Gasteiger partial charge >= 0.3 is 6.18 Å². The molecule has 6 nitrogen and oxygen atoms in total. The van der Waals surface area contributed by atoms with Crippen LogP contribution < -0.4 is 10.0 Å². The molecule has 2 saturated heterocycles. The summed E-state index contributed by atoms with van der Waals surface area (Å²) in [5.41, 5.74) is -1.22. The van der Waals surface area contributed by atoms with E-state index in [0.29, 0.717) is 18.7 Å². The van der Waals surface area contributed by atoms with E-state index in [1.165, 1.54) is 18.3 Å². The van der Waals surface area contributed by atoms with E-state index < -0.39 is 26.7 Å². The molecule has 30 heavy (non-hydrogen) atoms. The van der Waals surface area contributed by atoms with Gasteiger partial charge in [-0.2, -0.15) is 13.2 Å². The fourth-order valence-electron chi connectivity index (χ4n) is 4.61. The first-order chi connectivity index (χ1) is 14.1. The van der Waals surface area contributed by atoms with Gasteiger partial charge in [-0.3, -0.25) is 9.62 Å². The molecule has 0 unspecified atom stereocenters. The molecule has 0 spiro atoms. The molecule has 4 rings (SSSR count). The van der Waals surface area contributed by atoms with Crippen molar-refractivity contribution in [2.24, 2.45) is 0 Å². The van der Waals surface area contributed by atoms with E-state index in [2.05, 4.69) is 26.8 Å². The second-order valence-corrected chi connectivity index (χ2v) is 10.5. The lowest BCUT2D eigenvalue weighted by Gasteiger charge is -2.35. The largest absolute Gasteiger partial charge is 0.418 e. The van der Waals surface area contributed by atoms with Crippen LogP contribution in [-0.4, -0.2) is 43.0 Å². The first kappa shape index (κ1) is 21.4. The predicted octanol–water partition coefficient (Wildman–Crippen LogP) is 4.39. The highest BCUT2D eigenvalue weighted by Gasteiger charge is 2.47. The quantitative estimate of drug-likeness (QED) is 0.669. The molecule has 2 aliphatic rings. The van der Waals surface area contributed by atoms with Gasteiger partial charge in [-0.15, -0.1) is 11.3 Å². The van der Waals surface area contributed by atoms with Crippen molar-refractivity contribution in [2.75, 3.05) is 23.1 Å². The average molecular weight is 461 g/mol. The summed E-state index contributed by atoms with van der Waals surface area (Å²) in [6.07, 6.45) is 0.700. The molecule has 2 fully saturated rings. The second kappa shape index (κ2) is 7.69. The Morgan fingerprint density at radius 1 is 1.33 bits per heavy atom. The molecule has 0 aliphatic carbocycles. The monoisotopic (exact) mass is 460 g/mol. The number of halogens is 3. The van der Waals surface area contributed by atoms with Gasteiger partial charge in [0.1, 0.15) is 0 Å². The summed E-state index contributed by atoms with van der Waals surface area (Å²) in [4.78, 5) is 5.75. The van der Waals surface area contributed by atoms with Crippen molar-refractivity contribution in [1.29, 1.82) is 0 Å². The smallest absolute Gasteiger partial charge is 0.383 e. The fourth-order valence-corrected chi connectivity index (χ4v) is 6.43. The van der Waals surface area contributed by atoms with Crippen LogP contribution in [0.4, 0.5) is 24.0 Å². The Morgan fingerprint density at radius 2 is 2.13 bits per heavy atom. The van der Waals surface area contributed by atoms with Gasteiger partial charge in [0, 0.05) is 35.4 Å². The first-order valence-corrected chi connectivity index (χ1v) is 12.1. The summed E-state index contributed by atoms with van der Waals surface area (Å²) in [7, 11) is -4.17. The zero-order chi connectivity index (χ0) is 21.6. The summed E-state index contributed by atoms with van der Waals surface area (Å²) in [6, 6.07) is 3.50. The molecule has 2 aromatic rings. The van der Waals surface area contributed by atoms with E-state index in [-0.39, 0.29) is 16.4 Å². The van der Waals surface area contributed by atoms with Crippen molar-refractivity contribution in [3.63, 3.8) is 0 Å². The van der Waals surface area contributed by atoms with Crippen molar-refractivity contribution in [1.82, 2.24) is 9.88 Å². The van der Waals surface area contributed by atoms with E-state index >= 15 is 0 Å². The molecule has 1 aromatic carbocycles. The molecule has 3 heterocycles. The Balaban J connectivity index is 1.59. The number of benzene rings is 1. The van der Waals surface area contributed by atoms with E-state index in [1.54, 1.807) is 5.38 Å². The predicted molar refractivity (Wildman–Crippen MR) is 110 cm³/mol. The van der Waals surface area contributed by atoms with E-state index in [1.807, 2.05) is 0 Å². The lowest BCUT2D eigenvalue weighted by molar-refractivity contribution is -0.137. The van der Waals surface area contributed by atoms with Gasteiger partial charge in [-0.1, -0.05) is 0 Å². The molecule has 2 N–H and O–H groups in total.